The van der Waals surface area contributed by atoms with Crippen molar-refractivity contribution in [3.05, 3.63) is 23.3 Å². The molecule has 2 fully saturated rings. The van der Waals surface area contributed by atoms with E-state index in [2.05, 4.69) is 0 Å². The number of esters is 8. The predicted octanol–water partition coefficient (Wildman–Crippen LogP) is 0.694. The van der Waals surface area contributed by atoms with Crippen LogP contribution in [0.1, 0.15) is 78.7 Å². The Morgan fingerprint density at radius 3 is 1.19 bits per heavy atom. The summed E-state index contributed by atoms with van der Waals surface area (Å²) in [6.45, 7) is 6.91. The lowest BCUT2D eigenvalue weighted by atomic mass is 9.83. The monoisotopic (exact) mass is 770 g/mol. The number of carbonyl (C=O) groups excluding carboxylic acids is 8. The number of carbonyl (C=O) groups is 8. The van der Waals surface area contributed by atoms with E-state index in [0.29, 0.717) is 0 Å². The largest absolute Gasteiger partial charge is 0.504 e. The summed E-state index contributed by atoms with van der Waals surface area (Å²) in [7, 11) is 0. The van der Waals surface area contributed by atoms with Crippen LogP contribution in [0.5, 0.6) is 11.5 Å². The number of phenols is 2. The molecule has 0 aliphatic carbocycles. The fourth-order valence-electron chi connectivity index (χ4n) is 6.10. The Hall–Kier alpha value is -5.50. The Kier molecular flexibility index (Phi) is 14.7. The Labute approximate surface area is 308 Å². The van der Waals surface area contributed by atoms with Gasteiger partial charge in [-0.15, -0.1) is 0 Å². The first-order chi connectivity index (χ1) is 25.2. The van der Waals surface area contributed by atoms with Crippen molar-refractivity contribution in [3.63, 3.8) is 0 Å². The molecule has 2 aliphatic rings. The lowest BCUT2D eigenvalue weighted by Crippen LogP contribution is -2.60. The second-order valence-corrected chi connectivity index (χ2v) is 12.2. The van der Waals surface area contributed by atoms with Gasteiger partial charge in [-0.1, -0.05) is 6.07 Å². The van der Waals surface area contributed by atoms with Crippen LogP contribution in [0.15, 0.2) is 12.1 Å². The van der Waals surface area contributed by atoms with Gasteiger partial charge in [0.15, 0.2) is 48.1 Å². The van der Waals surface area contributed by atoms with Gasteiger partial charge in [-0.2, -0.15) is 0 Å². The predicted molar refractivity (Wildman–Crippen MR) is 172 cm³/mol. The molecule has 2 N–H and O–H groups in total. The fraction of sp³-hybridized carbons (Fsp3) is 0.588. The van der Waals surface area contributed by atoms with Crippen LogP contribution in [-0.2, 0) is 85.7 Å². The van der Waals surface area contributed by atoms with E-state index in [1.807, 2.05) is 0 Å². The molecule has 0 bridgehead atoms. The maximum atomic E-state index is 12.6. The zero-order chi connectivity index (χ0) is 40.6. The van der Waals surface area contributed by atoms with Crippen LogP contribution < -0.4 is 0 Å². The number of hydrogen-bond donors (Lipinski definition) is 2. The molecule has 2 unspecified atom stereocenters. The first-order valence-corrected chi connectivity index (χ1v) is 16.4. The SMILES string of the molecule is CC(=O)OC[C@H]1OC(c2ccc(O)c(O)c2C2O[C@H](COC(C)=O)[C@@H](OC(C)=O)[C@H](OC(C)=O)[C@H]2OC(C)=O)[C@H](OC(C)=O)[C@@H](OC(C)=O)[C@@H]1OC(C)=O. The van der Waals surface area contributed by atoms with E-state index in [-0.39, 0.29) is 5.56 Å². The standard InChI is InChI=1S/C34H42O20/c1-13(35)45-11-23-28(47-15(3)37)32(50-18(6)40)31(49-17(5)39)27(53-23)21-9-10-22(43)26(44)25(21)30-34(52-20(8)42)33(51-19(7)41)29(48-16(4)38)24(54-30)12-46-14(2)36/h9-10,23-24,27-34,43-44H,11-12H2,1-8H3/t23-,24-,27?,28-,29-,30?,31+,32+,33+,34+/m1/s1. The van der Waals surface area contributed by atoms with E-state index in [4.69, 9.17) is 47.4 Å². The zero-order valence-electron chi connectivity index (χ0n) is 30.6. The van der Waals surface area contributed by atoms with Gasteiger partial charge in [0, 0.05) is 61.0 Å². The van der Waals surface area contributed by atoms with Gasteiger partial charge in [-0.05, 0) is 11.6 Å². The minimum atomic E-state index is -1.82. The van der Waals surface area contributed by atoms with Gasteiger partial charge in [0.05, 0.1) is 0 Å². The second-order valence-electron chi connectivity index (χ2n) is 12.2. The Morgan fingerprint density at radius 1 is 0.481 bits per heavy atom. The number of phenolic OH excluding ortho intramolecular Hbond substituents is 2. The number of hydrogen-bond acceptors (Lipinski definition) is 20. The summed E-state index contributed by atoms with van der Waals surface area (Å²) in [6, 6.07) is 2.16. The van der Waals surface area contributed by atoms with Crippen LogP contribution in [0, 0.1) is 0 Å². The minimum absolute atomic E-state index is 0.219. The molecule has 3 rings (SSSR count). The van der Waals surface area contributed by atoms with Crippen molar-refractivity contribution in [1.29, 1.82) is 0 Å². The molecule has 2 saturated heterocycles. The third-order valence-corrected chi connectivity index (χ3v) is 7.80. The van der Waals surface area contributed by atoms with Crippen LogP contribution in [0.2, 0.25) is 0 Å². The van der Waals surface area contributed by atoms with Gasteiger partial charge >= 0.3 is 47.8 Å². The molecule has 298 valence electrons. The highest BCUT2D eigenvalue weighted by molar-refractivity contribution is 5.70. The maximum Gasteiger partial charge on any atom is 0.303 e. The van der Waals surface area contributed by atoms with E-state index in [9.17, 15) is 48.6 Å². The molecule has 54 heavy (non-hydrogen) atoms. The first-order valence-electron chi connectivity index (χ1n) is 16.4. The number of benzene rings is 1. The van der Waals surface area contributed by atoms with Crippen LogP contribution in [0.4, 0.5) is 0 Å². The number of rotatable bonds is 12. The second kappa shape index (κ2) is 18.5. The molecule has 10 atom stereocenters. The molecule has 0 aromatic heterocycles. The highest BCUT2D eigenvalue weighted by Crippen LogP contribution is 2.49. The summed E-state index contributed by atoms with van der Waals surface area (Å²) in [4.78, 5) is 98.3. The third kappa shape index (κ3) is 11.0. The van der Waals surface area contributed by atoms with Crippen molar-refractivity contribution >= 4 is 47.8 Å². The average molecular weight is 771 g/mol. The van der Waals surface area contributed by atoms with Crippen molar-refractivity contribution in [2.75, 3.05) is 13.2 Å². The molecule has 1 aromatic rings. The molecule has 0 radical (unpaired) electrons. The first kappa shape index (κ1) is 42.9. The Morgan fingerprint density at radius 2 is 0.815 bits per heavy atom. The topological polar surface area (TPSA) is 269 Å². The molecule has 20 heteroatoms. The van der Waals surface area contributed by atoms with E-state index in [0.717, 1.165) is 61.5 Å². The Balaban J connectivity index is 2.40. The normalized spacial score (nSPS) is 27.6. The van der Waals surface area contributed by atoms with Crippen LogP contribution in [0.3, 0.4) is 0 Å². The molecule has 2 heterocycles. The summed E-state index contributed by atoms with van der Waals surface area (Å²) in [5.74, 6) is -8.96. The van der Waals surface area contributed by atoms with E-state index < -0.39 is 139 Å². The van der Waals surface area contributed by atoms with Gasteiger partial charge < -0.3 is 57.6 Å². The zero-order valence-corrected chi connectivity index (χ0v) is 30.6. The van der Waals surface area contributed by atoms with Crippen molar-refractivity contribution < 1.29 is 95.9 Å². The minimum Gasteiger partial charge on any atom is -0.504 e. The van der Waals surface area contributed by atoms with Crippen molar-refractivity contribution in [3.8, 4) is 11.5 Å². The summed E-state index contributed by atoms with van der Waals surface area (Å²) in [5.41, 5.74) is -0.683. The molecule has 0 saturated carbocycles. The van der Waals surface area contributed by atoms with Crippen molar-refractivity contribution in [2.45, 2.75) is 116 Å². The van der Waals surface area contributed by atoms with Crippen molar-refractivity contribution in [2.24, 2.45) is 0 Å². The van der Waals surface area contributed by atoms with E-state index in [1.165, 1.54) is 6.07 Å². The molecule has 20 nitrogen and oxygen atoms in total. The third-order valence-electron chi connectivity index (χ3n) is 7.80. The molecule has 0 spiro atoms. The molecular weight excluding hydrogens is 728 g/mol. The van der Waals surface area contributed by atoms with Crippen LogP contribution in [-0.4, -0.2) is 120 Å². The highest BCUT2D eigenvalue weighted by Gasteiger charge is 2.57. The maximum absolute atomic E-state index is 12.6. The van der Waals surface area contributed by atoms with E-state index >= 15 is 0 Å². The average Bonchev–Trinajstić information content (AvgIpc) is 3.03. The highest BCUT2D eigenvalue weighted by atomic mass is 16.7. The lowest BCUT2D eigenvalue weighted by molar-refractivity contribution is -0.259. The number of ether oxygens (including phenoxy) is 10. The van der Waals surface area contributed by atoms with Gasteiger partial charge in [0.1, 0.15) is 37.6 Å². The molecule has 0 amide bonds. The van der Waals surface area contributed by atoms with Crippen LogP contribution in [0.25, 0.3) is 0 Å². The molecular formula is C34H42O20. The lowest BCUT2D eigenvalue weighted by Gasteiger charge is -2.47. The van der Waals surface area contributed by atoms with Gasteiger partial charge in [0.25, 0.3) is 0 Å². The van der Waals surface area contributed by atoms with Gasteiger partial charge in [0.2, 0.25) is 0 Å². The smallest absolute Gasteiger partial charge is 0.303 e. The van der Waals surface area contributed by atoms with Gasteiger partial charge in [-0.25, -0.2) is 0 Å². The van der Waals surface area contributed by atoms with Gasteiger partial charge in [-0.3, -0.25) is 38.4 Å². The summed E-state index contributed by atoms with van der Waals surface area (Å²) in [5, 5.41) is 22.4. The molecule has 2 aliphatic heterocycles. The fourth-order valence-corrected chi connectivity index (χ4v) is 6.10. The Bertz CT molecular complexity index is 1620. The summed E-state index contributed by atoms with van der Waals surface area (Å²) in [6.07, 6.45) is -16.6. The number of aromatic hydroxyl groups is 2. The van der Waals surface area contributed by atoms with E-state index in [1.54, 1.807) is 0 Å². The van der Waals surface area contributed by atoms with Crippen LogP contribution >= 0.6 is 0 Å². The molecule has 1 aromatic carbocycles. The quantitative estimate of drug-likeness (QED) is 0.168. The van der Waals surface area contributed by atoms with Crippen molar-refractivity contribution in [1.82, 2.24) is 0 Å². The summed E-state index contributed by atoms with van der Waals surface area (Å²) >= 11 is 0. The summed E-state index contributed by atoms with van der Waals surface area (Å²) < 4.78 is 55.8.